The molecule has 0 saturated heterocycles. The molecule has 0 heterocycles. The van der Waals surface area contributed by atoms with E-state index in [-0.39, 0.29) is 5.25 Å². The average molecular weight is 222 g/mol. The van der Waals surface area contributed by atoms with Crippen LogP contribution in [0.3, 0.4) is 0 Å². The number of sulfonamides is 1. The van der Waals surface area contributed by atoms with Gasteiger partial charge in [-0.05, 0) is 19.8 Å². The summed E-state index contributed by atoms with van der Waals surface area (Å²) in [4.78, 5) is 0. The van der Waals surface area contributed by atoms with E-state index in [2.05, 4.69) is 10.0 Å². The Bertz CT molecular complexity index is 260. The molecule has 1 atom stereocenters. The number of aliphatic hydroxyl groups excluding tert-OH is 1. The van der Waals surface area contributed by atoms with E-state index >= 15 is 0 Å². The molecule has 1 aliphatic carbocycles. The maximum atomic E-state index is 11.3. The molecule has 3 N–H and O–H groups in total. The minimum atomic E-state index is -3.04. The zero-order chi connectivity index (χ0) is 10.6. The van der Waals surface area contributed by atoms with Crippen molar-refractivity contribution in [3.8, 4) is 0 Å². The number of hydrogen-bond acceptors (Lipinski definition) is 4. The minimum absolute atomic E-state index is 0.153. The highest BCUT2D eigenvalue weighted by atomic mass is 32.2. The third-order valence-corrected chi connectivity index (χ3v) is 3.96. The SMILES string of the molecule is CC(O)CNCCNS(=O)(=O)C1CC1. The molecular weight excluding hydrogens is 204 g/mol. The minimum Gasteiger partial charge on any atom is -0.392 e. The molecule has 0 bridgehead atoms. The molecule has 0 amide bonds. The van der Waals surface area contributed by atoms with Gasteiger partial charge in [-0.15, -0.1) is 0 Å². The lowest BCUT2D eigenvalue weighted by Gasteiger charge is -2.07. The van der Waals surface area contributed by atoms with Crippen LogP contribution in [-0.2, 0) is 10.0 Å². The molecule has 0 spiro atoms. The van der Waals surface area contributed by atoms with Crippen LogP contribution in [0, 0.1) is 0 Å². The van der Waals surface area contributed by atoms with Gasteiger partial charge in [0.05, 0.1) is 11.4 Å². The second-order valence-electron chi connectivity index (χ2n) is 3.69. The van der Waals surface area contributed by atoms with Crippen molar-refractivity contribution in [2.45, 2.75) is 31.1 Å². The lowest BCUT2D eigenvalue weighted by atomic mass is 10.4. The van der Waals surface area contributed by atoms with Crippen LogP contribution < -0.4 is 10.0 Å². The van der Waals surface area contributed by atoms with Crippen LogP contribution in [0.15, 0.2) is 0 Å². The van der Waals surface area contributed by atoms with Crippen LogP contribution in [0.1, 0.15) is 19.8 Å². The molecule has 0 aliphatic heterocycles. The molecule has 84 valence electrons. The summed E-state index contributed by atoms with van der Waals surface area (Å²) < 4.78 is 25.1. The first-order valence-electron chi connectivity index (χ1n) is 4.89. The Morgan fingerprint density at radius 2 is 2.07 bits per heavy atom. The average Bonchev–Trinajstić information content (AvgIpc) is 2.84. The van der Waals surface area contributed by atoms with Crippen molar-refractivity contribution >= 4 is 10.0 Å². The van der Waals surface area contributed by atoms with Gasteiger partial charge in [0.1, 0.15) is 0 Å². The van der Waals surface area contributed by atoms with Crippen molar-refractivity contribution in [2.75, 3.05) is 19.6 Å². The number of rotatable bonds is 7. The van der Waals surface area contributed by atoms with Gasteiger partial charge in [-0.3, -0.25) is 0 Å². The predicted octanol–water partition coefficient (Wildman–Crippen LogP) is -0.961. The third kappa shape index (κ3) is 4.36. The summed E-state index contributed by atoms with van der Waals surface area (Å²) in [6.45, 7) is 3.12. The van der Waals surface area contributed by atoms with Gasteiger partial charge in [0, 0.05) is 19.6 Å². The summed E-state index contributed by atoms with van der Waals surface area (Å²) in [5.41, 5.74) is 0. The molecule has 0 aromatic rings. The Hall–Kier alpha value is -0.170. The van der Waals surface area contributed by atoms with Crippen molar-refractivity contribution in [2.24, 2.45) is 0 Å². The monoisotopic (exact) mass is 222 g/mol. The first kappa shape index (κ1) is 11.9. The summed E-state index contributed by atoms with van der Waals surface area (Å²) in [5, 5.41) is 11.7. The van der Waals surface area contributed by atoms with Crippen LogP contribution in [-0.4, -0.2) is 44.5 Å². The highest BCUT2D eigenvalue weighted by Gasteiger charge is 2.34. The van der Waals surface area contributed by atoms with Gasteiger partial charge in [-0.25, -0.2) is 13.1 Å². The zero-order valence-corrected chi connectivity index (χ0v) is 9.18. The van der Waals surface area contributed by atoms with Gasteiger partial charge in [0.25, 0.3) is 0 Å². The maximum absolute atomic E-state index is 11.3. The van der Waals surface area contributed by atoms with E-state index in [0.29, 0.717) is 19.6 Å². The quantitative estimate of drug-likeness (QED) is 0.485. The van der Waals surface area contributed by atoms with E-state index < -0.39 is 16.1 Å². The first-order chi connectivity index (χ1) is 6.52. The Morgan fingerprint density at radius 1 is 1.43 bits per heavy atom. The fraction of sp³-hybridized carbons (Fsp3) is 1.00. The van der Waals surface area contributed by atoms with Gasteiger partial charge in [-0.1, -0.05) is 0 Å². The Balaban J connectivity index is 2.03. The Labute approximate surface area is 84.9 Å². The molecule has 0 aromatic heterocycles. The largest absolute Gasteiger partial charge is 0.392 e. The number of hydrogen-bond donors (Lipinski definition) is 3. The number of aliphatic hydroxyl groups is 1. The normalized spacial score (nSPS) is 19.6. The Kier molecular flexibility index (Phi) is 4.31. The standard InChI is InChI=1S/C8H18N2O3S/c1-7(11)6-9-4-5-10-14(12,13)8-2-3-8/h7-11H,2-6H2,1H3. The Morgan fingerprint density at radius 3 is 2.57 bits per heavy atom. The fourth-order valence-corrected chi connectivity index (χ4v) is 2.47. The van der Waals surface area contributed by atoms with Crippen molar-refractivity contribution in [3.05, 3.63) is 0 Å². The van der Waals surface area contributed by atoms with Crippen LogP contribution >= 0.6 is 0 Å². The number of nitrogens with one attached hydrogen (secondary N) is 2. The fourth-order valence-electron chi connectivity index (χ4n) is 1.09. The van der Waals surface area contributed by atoms with Crippen LogP contribution in [0.4, 0.5) is 0 Å². The highest BCUT2D eigenvalue weighted by molar-refractivity contribution is 7.90. The molecule has 1 aliphatic rings. The van der Waals surface area contributed by atoms with Crippen molar-refractivity contribution in [3.63, 3.8) is 0 Å². The van der Waals surface area contributed by atoms with Gasteiger partial charge in [-0.2, -0.15) is 0 Å². The van der Waals surface area contributed by atoms with Gasteiger partial charge in [0.2, 0.25) is 10.0 Å². The molecule has 5 nitrogen and oxygen atoms in total. The molecule has 1 rings (SSSR count). The van der Waals surface area contributed by atoms with E-state index in [0.717, 1.165) is 12.8 Å². The maximum Gasteiger partial charge on any atom is 0.214 e. The summed E-state index contributed by atoms with van der Waals surface area (Å²) in [5.74, 6) is 0. The van der Waals surface area contributed by atoms with Crippen molar-refractivity contribution in [1.82, 2.24) is 10.0 Å². The van der Waals surface area contributed by atoms with Gasteiger partial charge < -0.3 is 10.4 Å². The molecule has 0 aromatic carbocycles. The van der Waals surface area contributed by atoms with E-state index in [1.165, 1.54) is 0 Å². The summed E-state index contributed by atoms with van der Waals surface area (Å²) >= 11 is 0. The second kappa shape index (κ2) is 5.06. The van der Waals surface area contributed by atoms with Crippen molar-refractivity contribution in [1.29, 1.82) is 0 Å². The zero-order valence-electron chi connectivity index (χ0n) is 8.36. The molecule has 6 heteroatoms. The van der Waals surface area contributed by atoms with Crippen LogP contribution in [0.2, 0.25) is 0 Å². The molecule has 14 heavy (non-hydrogen) atoms. The topological polar surface area (TPSA) is 78.4 Å². The van der Waals surface area contributed by atoms with Crippen molar-refractivity contribution < 1.29 is 13.5 Å². The summed E-state index contributed by atoms with van der Waals surface area (Å²) in [7, 11) is -3.04. The van der Waals surface area contributed by atoms with E-state index in [1.54, 1.807) is 6.92 Å². The van der Waals surface area contributed by atoms with Crippen LogP contribution in [0.25, 0.3) is 0 Å². The summed E-state index contributed by atoms with van der Waals surface area (Å²) in [6.07, 6.45) is 1.18. The van der Waals surface area contributed by atoms with E-state index in [1.807, 2.05) is 0 Å². The highest BCUT2D eigenvalue weighted by Crippen LogP contribution is 2.26. The first-order valence-corrected chi connectivity index (χ1v) is 6.44. The third-order valence-electron chi connectivity index (χ3n) is 2.01. The molecule has 1 fully saturated rings. The van der Waals surface area contributed by atoms with E-state index in [9.17, 15) is 8.42 Å². The summed E-state index contributed by atoms with van der Waals surface area (Å²) in [6, 6.07) is 0. The van der Waals surface area contributed by atoms with Gasteiger partial charge in [0.15, 0.2) is 0 Å². The van der Waals surface area contributed by atoms with E-state index in [4.69, 9.17) is 5.11 Å². The lowest BCUT2D eigenvalue weighted by molar-refractivity contribution is 0.192. The molecule has 0 radical (unpaired) electrons. The lowest BCUT2D eigenvalue weighted by Crippen LogP contribution is -2.35. The second-order valence-corrected chi connectivity index (χ2v) is 5.74. The van der Waals surface area contributed by atoms with Gasteiger partial charge >= 0.3 is 0 Å². The van der Waals surface area contributed by atoms with Crippen LogP contribution in [0.5, 0.6) is 0 Å². The predicted molar refractivity (Wildman–Crippen MR) is 54.5 cm³/mol. The molecule has 1 saturated carbocycles. The smallest absolute Gasteiger partial charge is 0.214 e. The molecular formula is C8H18N2O3S. The molecule has 1 unspecified atom stereocenters.